The fourth-order valence-electron chi connectivity index (χ4n) is 2.92. The van der Waals surface area contributed by atoms with Gasteiger partial charge in [-0.1, -0.05) is 60.7 Å². The molecule has 0 radical (unpaired) electrons. The zero-order valence-electron chi connectivity index (χ0n) is 15.5. The molecule has 3 aromatic carbocycles. The molecule has 0 aliphatic heterocycles. The standard InChI is InChI=1S/C21H20N2O4S/c1-15-8-13-20(14-21(15)23(24)25)28(26,27)22-16(2)17-9-11-19(12-10-17)18-6-4-3-5-7-18/h3-14,16,22H,1-2H3/t16-/m0/s1. The molecule has 1 atom stereocenters. The number of aryl methyl sites for hydroxylation is 1. The Morgan fingerprint density at radius 3 is 2.14 bits per heavy atom. The number of hydrogen-bond acceptors (Lipinski definition) is 4. The number of nitro groups is 1. The third-order valence-corrected chi connectivity index (χ3v) is 6.08. The minimum atomic E-state index is -3.90. The summed E-state index contributed by atoms with van der Waals surface area (Å²) < 4.78 is 27.9. The van der Waals surface area contributed by atoms with Gasteiger partial charge in [0.25, 0.3) is 5.69 Å². The molecule has 0 aliphatic carbocycles. The van der Waals surface area contributed by atoms with E-state index in [2.05, 4.69) is 4.72 Å². The van der Waals surface area contributed by atoms with E-state index in [1.54, 1.807) is 13.8 Å². The predicted octanol–water partition coefficient (Wildman–Crippen LogP) is 4.61. The third-order valence-electron chi connectivity index (χ3n) is 4.54. The highest BCUT2D eigenvalue weighted by Gasteiger charge is 2.22. The summed E-state index contributed by atoms with van der Waals surface area (Å²) in [6, 6.07) is 20.9. The molecule has 1 N–H and O–H groups in total. The highest BCUT2D eigenvalue weighted by atomic mass is 32.2. The van der Waals surface area contributed by atoms with Gasteiger partial charge < -0.3 is 0 Å². The Labute approximate surface area is 164 Å². The molecule has 0 amide bonds. The second-order valence-corrected chi connectivity index (χ2v) is 8.25. The molecule has 28 heavy (non-hydrogen) atoms. The predicted molar refractivity (Wildman–Crippen MR) is 108 cm³/mol. The molecule has 0 saturated carbocycles. The van der Waals surface area contributed by atoms with Crippen molar-refractivity contribution < 1.29 is 13.3 Å². The Bertz CT molecular complexity index is 1100. The summed E-state index contributed by atoms with van der Waals surface area (Å²) in [5.74, 6) is 0. The Hall–Kier alpha value is -3.03. The molecule has 0 spiro atoms. The van der Waals surface area contributed by atoms with Gasteiger partial charge in [-0.2, -0.15) is 0 Å². The summed E-state index contributed by atoms with van der Waals surface area (Å²) in [6.07, 6.45) is 0. The van der Waals surface area contributed by atoms with Gasteiger partial charge in [0, 0.05) is 17.7 Å². The molecule has 3 rings (SSSR count). The molecule has 0 saturated heterocycles. The van der Waals surface area contributed by atoms with Crippen LogP contribution in [-0.4, -0.2) is 13.3 Å². The van der Waals surface area contributed by atoms with E-state index >= 15 is 0 Å². The monoisotopic (exact) mass is 396 g/mol. The van der Waals surface area contributed by atoms with Gasteiger partial charge in [-0.25, -0.2) is 13.1 Å². The minimum Gasteiger partial charge on any atom is -0.258 e. The highest BCUT2D eigenvalue weighted by Crippen LogP contribution is 2.25. The van der Waals surface area contributed by atoms with Gasteiger partial charge in [-0.15, -0.1) is 0 Å². The molecule has 0 heterocycles. The van der Waals surface area contributed by atoms with E-state index in [0.717, 1.165) is 22.8 Å². The average Bonchev–Trinajstić information content (AvgIpc) is 2.68. The van der Waals surface area contributed by atoms with Crippen LogP contribution < -0.4 is 4.72 Å². The summed E-state index contributed by atoms with van der Waals surface area (Å²) >= 11 is 0. The van der Waals surface area contributed by atoms with Crippen LogP contribution in [0.15, 0.2) is 77.7 Å². The lowest BCUT2D eigenvalue weighted by Gasteiger charge is -2.15. The number of nitro benzene ring substituents is 1. The number of sulfonamides is 1. The number of nitrogens with zero attached hydrogens (tertiary/aromatic N) is 1. The highest BCUT2D eigenvalue weighted by molar-refractivity contribution is 7.89. The first kappa shape index (κ1) is 19.7. The fraction of sp³-hybridized carbons (Fsp3) is 0.143. The minimum absolute atomic E-state index is 0.127. The number of rotatable bonds is 6. The van der Waals surface area contributed by atoms with E-state index in [0.29, 0.717) is 5.56 Å². The van der Waals surface area contributed by atoms with Crippen LogP contribution in [0.2, 0.25) is 0 Å². The molecular weight excluding hydrogens is 376 g/mol. The van der Waals surface area contributed by atoms with Crippen LogP contribution in [0.3, 0.4) is 0 Å². The molecule has 3 aromatic rings. The molecular formula is C21H20N2O4S. The Morgan fingerprint density at radius 1 is 0.929 bits per heavy atom. The maximum atomic E-state index is 12.7. The summed E-state index contributed by atoms with van der Waals surface area (Å²) in [5.41, 5.74) is 3.10. The fourth-order valence-corrected chi connectivity index (χ4v) is 4.17. The molecule has 144 valence electrons. The van der Waals surface area contributed by atoms with Crippen molar-refractivity contribution in [3.05, 3.63) is 94.0 Å². The molecule has 0 unspecified atom stereocenters. The lowest BCUT2D eigenvalue weighted by atomic mass is 10.0. The first-order valence-corrected chi connectivity index (χ1v) is 10.2. The van der Waals surface area contributed by atoms with Crippen LogP contribution in [0.1, 0.15) is 24.1 Å². The molecule has 7 heteroatoms. The largest absolute Gasteiger partial charge is 0.273 e. The van der Waals surface area contributed by atoms with Gasteiger partial charge in [0.15, 0.2) is 0 Å². The topological polar surface area (TPSA) is 89.3 Å². The van der Waals surface area contributed by atoms with Crippen molar-refractivity contribution in [3.63, 3.8) is 0 Å². The summed E-state index contributed by atoms with van der Waals surface area (Å²) in [4.78, 5) is 10.4. The summed E-state index contributed by atoms with van der Waals surface area (Å²) in [5, 5.41) is 11.1. The van der Waals surface area contributed by atoms with Crippen molar-refractivity contribution in [2.24, 2.45) is 0 Å². The Morgan fingerprint density at radius 2 is 1.54 bits per heavy atom. The lowest BCUT2D eigenvalue weighted by molar-refractivity contribution is -0.385. The van der Waals surface area contributed by atoms with E-state index in [4.69, 9.17) is 0 Å². The lowest BCUT2D eigenvalue weighted by Crippen LogP contribution is -2.27. The van der Waals surface area contributed by atoms with E-state index < -0.39 is 21.0 Å². The first-order chi connectivity index (χ1) is 13.3. The van der Waals surface area contributed by atoms with Crippen molar-refractivity contribution in [1.82, 2.24) is 4.72 Å². The zero-order chi connectivity index (χ0) is 20.3. The molecule has 0 fully saturated rings. The van der Waals surface area contributed by atoms with Gasteiger partial charge in [0.05, 0.1) is 9.82 Å². The summed E-state index contributed by atoms with van der Waals surface area (Å²) in [7, 11) is -3.90. The molecule has 0 bridgehead atoms. The molecule has 0 aliphatic rings. The van der Waals surface area contributed by atoms with E-state index in [9.17, 15) is 18.5 Å². The second-order valence-electron chi connectivity index (χ2n) is 6.54. The number of hydrogen-bond donors (Lipinski definition) is 1. The van der Waals surface area contributed by atoms with Crippen molar-refractivity contribution >= 4 is 15.7 Å². The van der Waals surface area contributed by atoms with Gasteiger partial charge >= 0.3 is 0 Å². The van der Waals surface area contributed by atoms with Gasteiger partial charge in [-0.05, 0) is 36.6 Å². The first-order valence-electron chi connectivity index (χ1n) is 8.71. The average molecular weight is 396 g/mol. The van der Waals surface area contributed by atoms with E-state index in [-0.39, 0.29) is 10.6 Å². The van der Waals surface area contributed by atoms with Crippen molar-refractivity contribution in [3.8, 4) is 11.1 Å². The second kappa shape index (κ2) is 7.92. The maximum Gasteiger partial charge on any atom is 0.273 e. The van der Waals surface area contributed by atoms with Crippen LogP contribution in [0.25, 0.3) is 11.1 Å². The quantitative estimate of drug-likeness (QED) is 0.487. The molecule has 0 aromatic heterocycles. The number of nitrogens with one attached hydrogen (secondary N) is 1. The van der Waals surface area contributed by atoms with Crippen LogP contribution >= 0.6 is 0 Å². The summed E-state index contributed by atoms with van der Waals surface area (Å²) in [6.45, 7) is 3.30. The van der Waals surface area contributed by atoms with Crippen LogP contribution in [-0.2, 0) is 10.0 Å². The van der Waals surface area contributed by atoms with Gasteiger partial charge in [-0.3, -0.25) is 10.1 Å². The van der Waals surface area contributed by atoms with Crippen LogP contribution in [0, 0.1) is 17.0 Å². The van der Waals surface area contributed by atoms with E-state index in [1.165, 1.54) is 12.1 Å². The van der Waals surface area contributed by atoms with Crippen LogP contribution in [0.4, 0.5) is 5.69 Å². The number of benzene rings is 3. The van der Waals surface area contributed by atoms with Crippen molar-refractivity contribution in [2.45, 2.75) is 24.8 Å². The van der Waals surface area contributed by atoms with Crippen molar-refractivity contribution in [1.29, 1.82) is 0 Å². The van der Waals surface area contributed by atoms with Crippen molar-refractivity contribution in [2.75, 3.05) is 0 Å². The van der Waals surface area contributed by atoms with Gasteiger partial charge in [0.1, 0.15) is 0 Å². The van der Waals surface area contributed by atoms with Gasteiger partial charge in [0.2, 0.25) is 10.0 Å². The molecule has 6 nitrogen and oxygen atoms in total. The maximum absolute atomic E-state index is 12.7. The third kappa shape index (κ3) is 4.27. The zero-order valence-corrected chi connectivity index (χ0v) is 16.3. The van der Waals surface area contributed by atoms with Crippen LogP contribution in [0.5, 0.6) is 0 Å². The SMILES string of the molecule is Cc1ccc(S(=O)(=O)N[C@@H](C)c2ccc(-c3ccccc3)cc2)cc1[N+](=O)[O-]. The smallest absolute Gasteiger partial charge is 0.258 e. The Kier molecular flexibility index (Phi) is 5.58. The van der Waals surface area contributed by atoms with E-state index in [1.807, 2.05) is 54.6 Å². The normalized spacial score (nSPS) is 12.5. The Balaban J connectivity index is 1.81.